The number of rotatable bonds is 8. The molecular weight excluding hydrogens is 328 g/mol. The number of aromatic nitrogens is 2. The lowest BCUT2D eigenvalue weighted by molar-refractivity contribution is -0.117. The first-order valence-electron chi connectivity index (χ1n) is 8.89. The number of nitrogens with zero attached hydrogens (tertiary/aromatic N) is 3. The molecule has 1 N–H and O–H groups in total. The molecule has 1 amide bonds. The molecule has 0 atom stereocenters. The van der Waals surface area contributed by atoms with Gasteiger partial charge < -0.3 is 10.1 Å². The van der Waals surface area contributed by atoms with Crippen LogP contribution in [0.15, 0.2) is 18.2 Å². The Morgan fingerprint density at radius 2 is 2.00 bits per heavy atom. The molecular formula is C20H30N4O2. The van der Waals surface area contributed by atoms with Crippen LogP contribution in [-0.4, -0.2) is 47.4 Å². The summed E-state index contributed by atoms with van der Waals surface area (Å²) in [4.78, 5) is 14.7. The van der Waals surface area contributed by atoms with Crippen LogP contribution in [0.2, 0.25) is 0 Å². The Hall–Kier alpha value is -2.18. The fourth-order valence-corrected chi connectivity index (χ4v) is 3.05. The number of nitrogens with one attached hydrogen (secondary N) is 1. The maximum Gasteiger partial charge on any atom is 0.238 e. The molecule has 2 aromatic rings. The van der Waals surface area contributed by atoms with Crippen LogP contribution < -0.4 is 5.32 Å². The van der Waals surface area contributed by atoms with E-state index in [0.29, 0.717) is 26.2 Å². The molecule has 6 heteroatoms. The van der Waals surface area contributed by atoms with E-state index in [-0.39, 0.29) is 5.91 Å². The summed E-state index contributed by atoms with van der Waals surface area (Å²) in [7, 11) is 3.62. The maximum absolute atomic E-state index is 12.6. The van der Waals surface area contributed by atoms with Crippen molar-refractivity contribution in [3.8, 4) is 0 Å². The number of amides is 1. The Kier molecular flexibility index (Phi) is 6.94. The van der Waals surface area contributed by atoms with Gasteiger partial charge >= 0.3 is 0 Å². The fourth-order valence-electron chi connectivity index (χ4n) is 3.05. The van der Waals surface area contributed by atoms with Crippen LogP contribution >= 0.6 is 0 Å². The first-order chi connectivity index (χ1) is 12.3. The van der Waals surface area contributed by atoms with E-state index in [9.17, 15) is 4.79 Å². The van der Waals surface area contributed by atoms with Crippen LogP contribution in [0.4, 0.5) is 5.69 Å². The predicted octanol–water partition coefficient (Wildman–Crippen LogP) is 2.74. The highest BCUT2D eigenvalue weighted by molar-refractivity contribution is 5.93. The van der Waals surface area contributed by atoms with Crippen molar-refractivity contribution in [2.24, 2.45) is 7.05 Å². The second kappa shape index (κ2) is 8.96. The van der Waals surface area contributed by atoms with E-state index in [1.54, 1.807) is 7.11 Å². The summed E-state index contributed by atoms with van der Waals surface area (Å²) in [6, 6.07) is 6.03. The van der Waals surface area contributed by atoms with Gasteiger partial charge in [0.25, 0.3) is 0 Å². The van der Waals surface area contributed by atoms with Crippen LogP contribution in [0, 0.1) is 27.7 Å². The number of methoxy groups -OCH3 is 1. The molecule has 1 aromatic carbocycles. The van der Waals surface area contributed by atoms with Crippen molar-refractivity contribution in [2.45, 2.75) is 34.2 Å². The Balaban J connectivity index is 2.07. The molecule has 142 valence electrons. The van der Waals surface area contributed by atoms with Gasteiger partial charge in [-0.15, -0.1) is 0 Å². The molecule has 0 spiro atoms. The third-order valence-electron chi connectivity index (χ3n) is 4.68. The van der Waals surface area contributed by atoms with Crippen LogP contribution in [0.25, 0.3) is 0 Å². The number of carbonyl (C=O) groups excluding carboxylic acids is 1. The van der Waals surface area contributed by atoms with Crippen molar-refractivity contribution in [3.63, 3.8) is 0 Å². The molecule has 0 bridgehead atoms. The third kappa shape index (κ3) is 5.16. The van der Waals surface area contributed by atoms with Gasteiger partial charge in [-0.25, -0.2) is 0 Å². The van der Waals surface area contributed by atoms with Gasteiger partial charge in [-0.1, -0.05) is 17.7 Å². The number of hydrogen-bond acceptors (Lipinski definition) is 4. The molecule has 0 aliphatic carbocycles. The van der Waals surface area contributed by atoms with Crippen molar-refractivity contribution >= 4 is 11.6 Å². The second-order valence-corrected chi connectivity index (χ2v) is 6.84. The van der Waals surface area contributed by atoms with Gasteiger partial charge in [-0.3, -0.25) is 14.4 Å². The highest BCUT2D eigenvalue weighted by atomic mass is 16.5. The van der Waals surface area contributed by atoms with Gasteiger partial charge in [0.05, 0.1) is 18.8 Å². The SMILES string of the molecule is COCCN(CC(=O)Nc1ccc(C)cc1C)Cc1c(C)nn(C)c1C. The first-order valence-corrected chi connectivity index (χ1v) is 8.89. The molecule has 0 aliphatic heterocycles. The Bertz CT molecular complexity index is 767. The molecule has 1 aromatic heterocycles. The average molecular weight is 358 g/mol. The largest absolute Gasteiger partial charge is 0.383 e. The molecule has 2 rings (SSSR count). The summed E-state index contributed by atoms with van der Waals surface area (Å²) in [6.07, 6.45) is 0. The normalized spacial score (nSPS) is 11.2. The van der Waals surface area contributed by atoms with Crippen LogP contribution in [-0.2, 0) is 23.1 Å². The molecule has 0 saturated heterocycles. The van der Waals surface area contributed by atoms with E-state index in [2.05, 4.69) is 28.3 Å². The van der Waals surface area contributed by atoms with E-state index < -0.39 is 0 Å². The highest BCUT2D eigenvalue weighted by Crippen LogP contribution is 2.17. The van der Waals surface area contributed by atoms with E-state index in [1.165, 1.54) is 11.1 Å². The van der Waals surface area contributed by atoms with Crippen molar-refractivity contribution in [1.29, 1.82) is 0 Å². The summed E-state index contributed by atoms with van der Waals surface area (Å²) in [5.74, 6) is -0.0211. The molecule has 0 fully saturated rings. The zero-order chi connectivity index (χ0) is 19.3. The van der Waals surface area contributed by atoms with Gasteiger partial charge in [0.1, 0.15) is 0 Å². The number of benzene rings is 1. The lowest BCUT2D eigenvalue weighted by Crippen LogP contribution is -2.35. The van der Waals surface area contributed by atoms with Gasteiger partial charge in [-0.2, -0.15) is 5.10 Å². The van der Waals surface area contributed by atoms with Gasteiger partial charge in [-0.05, 0) is 39.3 Å². The van der Waals surface area contributed by atoms with E-state index in [0.717, 1.165) is 22.6 Å². The Labute approximate surface area is 156 Å². The summed E-state index contributed by atoms with van der Waals surface area (Å²) in [5, 5.41) is 7.49. The minimum absolute atomic E-state index is 0.0211. The first kappa shape index (κ1) is 20.1. The number of ether oxygens (including phenoxy) is 1. The van der Waals surface area contributed by atoms with Gasteiger partial charge in [0, 0.05) is 44.2 Å². The van der Waals surface area contributed by atoms with Crippen molar-refractivity contribution in [3.05, 3.63) is 46.3 Å². The maximum atomic E-state index is 12.6. The van der Waals surface area contributed by atoms with Gasteiger partial charge in [0.15, 0.2) is 0 Å². The molecule has 6 nitrogen and oxygen atoms in total. The van der Waals surface area contributed by atoms with E-state index in [1.807, 2.05) is 44.6 Å². The minimum atomic E-state index is -0.0211. The number of hydrogen-bond donors (Lipinski definition) is 1. The monoisotopic (exact) mass is 358 g/mol. The molecule has 0 saturated carbocycles. The van der Waals surface area contributed by atoms with Crippen LogP contribution in [0.3, 0.4) is 0 Å². The summed E-state index contributed by atoms with van der Waals surface area (Å²) >= 11 is 0. The molecule has 26 heavy (non-hydrogen) atoms. The van der Waals surface area contributed by atoms with Crippen molar-refractivity contribution in [2.75, 3.05) is 32.1 Å². The average Bonchev–Trinajstić information content (AvgIpc) is 2.81. The van der Waals surface area contributed by atoms with Crippen LogP contribution in [0.5, 0.6) is 0 Å². The second-order valence-electron chi connectivity index (χ2n) is 6.84. The third-order valence-corrected chi connectivity index (χ3v) is 4.68. The quantitative estimate of drug-likeness (QED) is 0.788. The lowest BCUT2D eigenvalue weighted by atomic mass is 10.1. The minimum Gasteiger partial charge on any atom is -0.383 e. The zero-order valence-corrected chi connectivity index (χ0v) is 16.7. The van der Waals surface area contributed by atoms with Gasteiger partial charge in [0.2, 0.25) is 5.91 Å². The smallest absolute Gasteiger partial charge is 0.238 e. The summed E-state index contributed by atoms with van der Waals surface area (Å²) < 4.78 is 7.10. The Morgan fingerprint density at radius 3 is 2.58 bits per heavy atom. The predicted molar refractivity (Wildman–Crippen MR) is 104 cm³/mol. The lowest BCUT2D eigenvalue weighted by Gasteiger charge is -2.22. The summed E-state index contributed by atoms with van der Waals surface area (Å²) in [6.45, 7) is 10.4. The van der Waals surface area contributed by atoms with E-state index >= 15 is 0 Å². The highest BCUT2D eigenvalue weighted by Gasteiger charge is 2.17. The molecule has 0 radical (unpaired) electrons. The molecule has 1 heterocycles. The van der Waals surface area contributed by atoms with Crippen molar-refractivity contribution < 1.29 is 9.53 Å². The molecule has 0 unspecified atom stereocenters. The zero-order valence-electron chi connectivity index (χ0n) is 16.7. The van der Waals surface area contributed by atoms with Crippen LogP contribution in [0.1, 0.15) is 28.1 Å². The van der Waals surface area contributed by atoms with E-state index in [4.69, 9.17) is 4.74 Å². The standard InChI is InChI=1S/C20H30N4O2/c1-14-7-8-19(15(2)11-14)21-20(25)13-24(9-10-26-6)12-18-16(3)22-23(5)17(18)4/h7-8,11H,9-10,12-13H2,1-6H3,(H,21,25). The summed E-state index contributed by atoms with van der Waals surface area (Å²) in [5.41, 5.74) is 6.41. The van der Waals surface area contributed by atoms with Crippen molar-refractivity contribution in [1.82, 2.24) is 14.7 Å². The topological polar surface area (TPSA) is 59.4 Å². The Morgan fingerprint density at radius 1 is 1.27 bits per heavy atom. The molecule has 0 aliphatic rings. The number of carbonyl (C=O) groups is 1. The number of anilines is 1. The number of aryl methyl sites for hydroxylation is 4. The fraction of sp³-hybridized carbons (Fsp3) is 0.500.